The summed E-state index contributed by atoms with van der Waals surface area (Å²) in [4.78, 5) is 12.6. The molecular formula is C26H52N8O13. The molecule has 4 rings (SSSR count). The number of urea groups is 1. The van der Waals surface area contributed by atoms with Gasteiger partial charge in [0.25, 0.3) is 0 Å². The van der Waals surface area contributed by atoms with E-state index in [1.165, 1.54) is 0 Å². The van der Waals surface area contributed by atoms with Crippen molar-refractivity contribution in [3.63, 3.8) is 0 Å². The number of carbonyl (C=O) groups excluding carboxylic acids is 1. The highest BCUT2D eigenvalue weighted by Crippen LogP contribution is 2.34. The van der Waals surface area contributed by atoms with Crippen LogP contribution in [0.15, 0.2) is 0 Å². The second kappa shape index (κ2) is 17.0. The molecule has 3 aliphatic heterocycles. The summed E-state index contributed by atoms with van der Waals surface area (Å²) in [5.74, 6) is 0. The first-order chi connectivity index (χ1) is 22.3. The van der Waals surface area contributed by atoms with Crippen LogP contribution in [0.4, 0.5) is 4.79 Å². The Morgan fingerprint density at radius 2 is 1.43 bits per heavy atom. The molecule has 0 aromatic carbocycles. The number of aliphatic hydroxyl groups is 5. The van der Waals surface area contributed by atoms with E-state index in [9.17, 15) is 35.5 Å². The standard InChI is InChI=1S/C26H52N8O13/c27-3-4-34(41)26(40)33-12-5-11(31)20(45-23-10(30)2-1-9(6-28)42-23)22(16(12)36)47-25-19(39)21(14(8-35)44-25)46-24-15(32)18(38)17(37)13(7-29)43-24/h9-25,35-39,41H,1-8,27-32H2,(H,33,40)/t9-,10+,11-,12+,13-,14+,15+,16-,17+,18+,19+,20+,21+,22+,23+,24+,25-/m0/s1. The molecule has 21 nitrogen and oxygen atoms in total. The fraction of sp³-hybridized carbons (Fsp3) is 0.962. The molecule has 3 heterocycles. The summed E-state index contributed by atoms with van der Waals surface area (Å²) in [6.45, 7) is -0.849. The van der Waals surface area contributed by atoms with Crippen LogP contribution in [-0.4, -0.2) is 179 Å². The first-order valence-corrected chi connectivity index (χ1v) is 15.7. The Morgan fingerprint density at radius 3 is 2.06 bits per heavy atom. The van der Waals surface area contributed by atoms with Gasteiger partial charge in [0.2, 0.25) is 0 Å². The minimum atomic E-state index is -1.64. The molecular weight excluding hydrogens is 632 g/mol. The van der Waals surface area contributed by atoms with E-state index in [0.717, 1.165) is 0 Å². The average Bonchev–Trinajstić information content (AvgIpc) is 3.35. The monoisotopic (exact) mass is 684 g/mol. The lowest BCUT2D eigenvalue weighted by Crippen LogP contribution is -2.67. The van der Waals surface area contributed by atoms with E-state index < -0.39 is 111 Å². The van der Waals surface area contributed by atoms with Crippen molar-refractivity contribution in [1.29, 1.82) is 0 Å². The lowest BCUT2D eigenvalue weighted by atomic mass is 9.83. The fourth-order valence-electron chi connectivity index (χ4n) is 6.22. The number of nitrogens with zero attached hydrogens (tertiary/aromatic N) is 1. The maximum absolute atomic E-state index is 12.6. The second-order valence-electron chi connectivity index (χ2n) is 12.3. The smallest absolute Gasteiger partial charge is 0.341 e. The van der Waals surface area contributed by atoms with Crippen LogP contribution >= 0.6 is 0 Å². The van der Waals surface area contributed by atoms with Crippen LogP contribution in [0.1, 0.15) is 19.3 Å². The zero-order valence-electron chi connectivity index (χ0n) is 25.9. The van der Waals surface area contributed by atoms with Gasteiger partial charge in [-0.15, -0.1) is 0 Å². The molecule has 0 bridgehead atoms. The van der Waals surface area contributed by atoms with Crippen molar-refractivity contribution in [3.05, 3.63) is 0 Å². The highest BCUT2D eigenvalue weighted by Gasteiger charge is 2.54. The first kappa shape index (κ1) is 38.4. The summed E-state index contributed by atoms with van der Waals surface area (Å²) in [5, 5.41) is 66.2. The quantitative estimate of drug-likeness (QED) is 0.0670. The van der Waals surface area contributed by atoms with Crippen LogP contribution in [0.2, 0.25) is 0 Å². The first-order valence-electron chi connectivity index (χ1n) is 15.7. The molecule has 274 valence electrons. The third kappa shape index (κ3) is 8.65. The summed E-state index contributed by atoms with van der Waals surface area (Å²) in [6, 6.07) is -4.79. The number of rotatable bonds is 12. The van der Waals surface area contributed by atoms with Crippen molar-refractivity contribution >= 4 is 6.03 Å². The topological polar surface area (TPSA) is 365 Å². The van der Waals surface area contributed by atoms with Gasteiger partial charge >= 0.3 is 6.03 Å². The van der Waals surface area contributed by atoms with Crippen LogP contribution in [0, 0.1) is 0 Å². The van der Waals surface area contributed by atoms with Crippen molar-refractivity contribution in [1.82, 2.24) is 10.4 Å². The van der Waals surface area contributed by atoms with Crippen LogP contribution in [-0.2, 0) is 28.4 Å². The van der Waals surface area contributed by atoms with Crippen LogP contribution in [0.3, 0.4) is 0 Å². The Bertz CT molecular complexity index is 995. The summed E-state index contributed by atoms with van der Waals surface area (Å²) in [6.07, 6.45) is -15.4. The van der Waals surface area contributed by atoms with Crippen LogP contribution in [0.25, 0.3) is 0 Å². The van der Waals surface area contributed by atoms with Gasteiger partial charge in [-0.2, -0.15) is 0 Å². The molecule has 0 spiro atoms. The molecule has 4 aliphatic rings. The normalized spacial score (nSPS) is 45.9. The maximum atomic E-state index is 12.6. The molecule has 0 aromatic rings. The van der Waals surface area contributed by atoms with Crippen LogP contribution in [0.5, 0.6) is 0 Å². The molecule has 0 unspecified atom stereocenters. The van der Waals surface area contributed by atoms with Crippen molar-refractivity contribution in [2.75, 3.05) is 32.8 Å². The number of amides is 2. The Morgan fingerprint density at radius 1 is 0.766 bits per heavy atom. The predicted octanol–water partition coefficient (Wildman–Crippen LogP) is -7.44. The third-order valence-electron chi connectivity index (χ3n) is 8.99. The number of nitrogens with one attached hydrogen (secondary N) is 1. The van der Waals surface area contributed by atoms with E-state index in [2.05, 4.69) is 5.32 Å². The number of nitrogens with two attached hydrogens (primary N) is 6. The van der Waals surface area contributed by atoms with Gasteiger partial charge < -0.3 is 93.7 Å². The molecule has 19 N–H and O–H groups in total. The molecule has 47 heavy (non-hydrogen) atoms. The highest BCUT2D eigenvalue weighted by molar-refractivity contribution is 5.73. The largest absolute Gasteiger partial charge is 0.394 e. The SMILES string of the molecule is NCCN(O)C(=O)N[C@@H]1C[C@H](N)[C@@H](O[C@H]2O[C@H](CN)CC[C@H]2N)[C@H](O[C@@H]2O[C@H](CO)[C@@H](O[C@H]3O[C@@H](CN)[C@@H](O)[C@H](O)[C@H]3N)[C@H]2O)[C@H]1O. The van der Waals surface area contributed by atoms with Gasteiger partial charge in [-0.1, -0.05) is 0 Å². The number of aliphatic hydroxyl groups excluding tert-OH is 5. The molecule has 21 heteroatoms. The number of ether oxygens (including phenoxy) is 6. The lowest BCUT2D eigenvalue weighted by molar-refractivity contribution is -0.289. The van der Waals surface area contributed by atoms with E-state index in [1.54, 1.807) is 0 Å². The molecule has 0 radical (unpaired) electrons. The second-order valence-corrected chi connectivity index (χ2v) is 12.3. The zero-order valence-corrected chi connectivity index (χ0v) is 25.9. The van der Waals surface area contributed by atoms with Crippen LogP contribution < -0.4 is 39.7 Å². The van der Waals surface area contributed by atoms with Crippen molar-refractivity contribution in [2.45, 2.75) is 123 Å². The van der Waals surface area contributed by atoms with Gasteiger partial charge in [-0.3, -0.25) is 5.21 Å². The lowest BCUT2D eigenvalue weighted by Gasteiger charge is -2.46. The molecule has 1 aliphatic carbocycles. The Labute approximate surface area is 271 Å². The average molecular weight is 685 g/mol. The molecule has 1 saturated carbocycles. The Kier molecular flexibility index (Phi) is 13.9. The fourth-order valence-corrected chi connectivity index (χ4v) is 6.22. The number of hydroxylamine groups is 2. The summed E-state index contributed by atoms with van der Waals surface area (Å²) < 4.78 is 35.4. The molecule has 3 saturated heterocycles. The van der Waals surface area contributed by atoms with E-state index in [0.29, 0.717) is 17.9 Å². The number of hydrogen-bond donors (Lipinski definition) is 13. The predicted molar refractivity (Wildman–Crippen MR) is 157 cm³/mol. The molecule has 4 fully saturated rings. The molecule has 17 atom stereocenters. The van der Waals surface area contributed by atoms with E-state index in [4.69, 9.17) is 62.8 Å². The van der Waals surface area contributed by atoms with E-state index >= 15 is 0 Å². The van der Waals surface area contributed by atoms with E-state index in [1.807, 2.05) is 0 Å². The third-order valence-corrected chi connectivity index (χ3v) is 8.99. The van der Waals surface area contributed by atoms with Crippen molar-refractivity contribution < 1.29 is 64.0 Å². The summed E-state index contributed by atoms with van der Waals surface area (Å²) in [7, 11) is 0. The van der Waals surface area contributed by atoms with Gasteiger partial charge in [-0.25, -0.2) is 9.86 Å². The number of carbonyl (C=O) groups is 1. The van der Waals surface area contributed by atoms with Gasteiger partial charge in [0.05, 0.1) is 37.4 Å². The zero-order chi connectivity index (χ0) is 34.6. The highest BCUT2D eigenvalue weighted by atomic mass is 16.8. The van der Waals surface area contributed by atoms with Gasteiger partial charge in [0.15, 0.2) is 18.9 Å². The minimum absolute atomic E-state index is 0.0286. The Balaban J connectivity index is 1.54. The number of hydrogen-bond acceptors (Lipinski definition) is 19. The molecule has 0 aromatic heterocycles. The van der Waals surface area contributed by atoms with Gasteiger partial charge in [0.1, 0.15) is 54.9 Å². The van der Waals surface area contributed by atoms with Crippen molar-refractivity contribution in [3.8, 4) is 0 Å². The van der Waals surface area contributed by atoms with Gasteiger partial charge in [-0.05, 0) is 19.3 Å². The maximum Gasteiger partial charge on any atom is 0.341 e. The summed E-state index contributed by atoms with van der Waals surface area (Å²) in [5.41, 5.74) is 35.6. The van der Waals surface area contributed by atoms with E-state index in [-0.39, 0.29) is 38.7 Å². The Hall–Kier alpha value is -1.45. The minimum Gasteiger partial charge on any atom is -0.394 e. The van der Waals surface area contributed by atoms with Crippen molar-refractivity contribution in [2.24, 2.45) is 34.4 Å². The summed E-state index contributed by atoms with van der Waals surface area (Å²) >= 11 is 0. The van der Waals surface area contributed by atoms with Gasteiger partial charge in [0, 0.05) is 25.7 Å². The molecule has 2 amide bonds.